The fourth-order valence-electron chi connectivity index (χ4n) is 1.66. The van der Waals surface area contributed by atoms with Gasteiger partial charge in [-0.2, -0.15) is 0 Å². The summed E-state index contributed by atoms with van der Waals surface area (Å²) in [6.45, 7) is 7.28. The molecule has 1 N–H and O–H groups in total. The Hall–Kier alpha value is -1.35. The molecule has 0 saturated carbocycles. The van der Waals surface area contributed by atoms with Crippen molar-refractivity contribution in [2.45, 2.75) is 26.4 Å². The highest BCUT2D eigenvalue weighted by Crippen LogP contribution is 2.26. The first kappa shape index (κ1) is 11.7. The maximum absolute atomic E-state index is 11.4. The van der Waals surface area contributed by atoms with Gasteiger partial charge in [-0.25, -0.2) is 0 Å². The van der Waals surface area contributed by atoms with Crippen molar-refractivity contribution in [1.29, 1.82) is 0 Å². The summed E-state index contributed by atoms with van der Waals surface area (Å²) in [6.07, 6.45) is 3.06. The lowest BCUT2D eigenvalue weighted by atomic mass is 9.93. The lowest BCUT2D eigenvalue weighted by Crippen LogP contribution is -2.24. The van der Waals surface area contributed by atoms with E-state index in [1.54, 1.807) is 19.1 Å². The molecule has 0 aromatic carbocycles. The highest BCUT2D eigenvalue weighted by molar-refractivity contribution is 5.98. The van der Waals surface area contributed by atoms with Crippen molar-refractivity contribution in [1.82, 2.24) is 0 Å². The predicted octanol–water partition coefficient (Wildman–Crippen LogP) is 1.74. The van der Waals surface area contributed by atoms with E-state index >= 15 is 0 Å². The van der Waals surface area contributed by atoms with Crippen LogP contribution in [0.15, 0.2) is 35.6 Å². The van der Waals surface area contributed by atoms with Gasteiger partial charge in [0.15, 0.2) is 5.78 Å². The van der Waals surface area contributed by atoms with Crippen molar-refractivity contribution in [3.05, 3.63) is 35.6 Å². The van der Waals surface area contributed by atoms with Crippen LogP contribution in [0.2, 0.25) is 0 Å². The molecule has 0 spiro atoms. The van der Waals surface area contributed by atoms with Crippen LogP contribution in [0.1, 0.15) is 20.3 Å². The summed E-state index contributed by atoms with van der Waals surface area (Å²) < 4.78 is 5.33. The maximum atomic E-state index is 11.4. The fraction of sp³-hybridized carbons (Fsp3) is 0.417. The first-order chi connectivity index (χ1) is 7.07. The minimum absolute atomic E-state index is 0.0891. The number of hydrogen-bond acceptors (Lipinski definition) is 3. The van der Waals surface area contributed by atoms with E-state index in [0.717, 1.165) is 0 Å². The summed E-state index contributed by atoms with van der Waals surface area (Å²) in [6, 6.07) is 0. The van der Waals surface area contributed by atoms with E-state index in [1.165, 1.54) is 6.92 Å². The summed E-state index contributed by atoms with van der Waals surface area (Å²) in [5.41, 5.74) is 1.07. The zero-order valence-corrected chi connectivity index (χ0v) is 9.12. The van der Waals surface area contributed by atoms with E-state index in [2.05, 4.69) is 6.58 Å². The van der Waals surface area contributed by atoms with Crippen LogP contribution in [-0.4, -0.2) is 23.6 Å². The second-order valence-corrected chi connectivity index (χ2v) is 3.50. The largest absolute Gasteiger partial charge is 0.498 e. The molecule has 0 bridgehead atoms. The van der Waals surface area contributed by atoms with Crippen molar-refractivity contribution in [3.63, 3.8) is 0 Å². The van der Waals surface area contributed by atoms with Gasteiger partial charge in [-0.1, -0.05) is 18.7 Å². The van der Waals surface area contributed by atoms with Gasteiger partial charge in [-0.15, -0.1) is 0 Å². The third kappa shape index (κ3) is 2.57. The molecule has 82 valence electrons. The van der Waals surface area contributed by atoms with Crippen LogP contribution in [0.3, 0.4) is 0 Å². The van der Waals surface area contributed by atoms with E-state index in [9.17, 15) is 9.90 Å². The molecule has 3 heteroatoms. The van der Waals surface area contributed by atoms with Gasteiger partial charge < -0.3 is 9.84 Å². The molecule has 0 aromatic heterocycles. The standard InChI is InChI=1S/C12H16O3/c1-4-5-10(8(2)13)12-9(3)15-7-6-11(12)14/h4-5,11,14H,1,6-7H2,2-3H3/b10-5-. The van der Waals surface area contributed by atoms with Gasteiger partial charge in [0, 0.05) is 17.6 Å². The van der Waals surface area contributed by atoms with Gasteiger partial charge in [0.2, 0.25) is 0 Å². The van der Waals surface area contributed by atoms with Crippen molar-refractivity contribution in [2.75, 3.05) is 6.61 Å². The molecule has 1 aliphatic heterocycles. The molecule has 1 aliphatic rings. The zero-order valence-electron chi connectivity index (χ0n) is 9.12. The first-order valence-corrected chi connectivity index (χ1v) is 4.93. The molecule has 0 fully saturated rings. The van der Waals surface area contributed by atoms with Crippen LogP contribution in [0, 0.1) is 0 Å². The molecule has 3 nitrogen and oxygen atoms in total. The Morgan fingerprint density at radius 1 is 1.67 bits per heavy atom. The average Bonchev–Trinajstić information content (AvgIpc) is 2.15. The van der Waals surface area contributed by atoms with E-state index in [0.29, 0.717) is 29.9 Å². The molecule has 1 heterocycles. The predicted molar refractivity (Wildman–Crippen MR) is 58.2 cm³/mol. The van der Waals surface area contributed by atoms with Crippen molar-refractivity contribution in [3.8, 4) is 0 Å². The van der Waals surface area contributed by atoms with Crippen LogP contribution in [0.4, 0.5) is 0 Å². The molecule has 1 rings (SSSR count). The Labute approximate surface area is 89.7 Å². The molecule has 0 saturated heterocycles. The summed E-state index contributed by atoms with van der Waals surface area (Å²) in [5.74, 6) is 0.533. The highest BCUT2D eigenvalue weighted by atomic mass is 16.5. The van der Waals surface area contributed by atoms with E-state index < -0.39 is 6.10 Å². The van der Waals surface area contributed by atoms with Crippen LogP contribution in [0.25, 0.3) is 0 Å². The fourth-order valence-corrected chi connectivity index (χ4v) is 1.66. The SMILES string of the molecule is C=C/C=C(/C(C)=O)C1=C(C)OCCC1O. The number of Topliss-reactive ketones (excluding diaryl/α,β-unsaturated/α-hetero) is 1. The molecular weight excluding hydrogens is 192 g/mol. The Kier molecular flexibility index (Phi) is 3.86. The van der Waals surface area contributed by atoms with Gasteiger partial charge in [0.05, 0.1) is 18.5 Å². The number of allylic oxidation sites excluding steroid dienone is 3. The summed E-state index contributed by atoms with van der Waals surface area (Å²) in [7, 11) is 0. The van der Waals surface area contributed by atoms with E-state index in [-0.39, 0.29) is 5.78 Å². The van der Waals surface area contributed by atoms with Gasteiger partial charge in [0.25, 0.3) is 0 Å². The third-order valence-corrected chi connectivity index (χ3v) is 2.38. The molecular formula is C12H16O3. The Morgan fingerprint density at radius 2 is 2.33 bits per heavy atom. The van der Waals surface area contributed by atoms with Gasteiger partial charge in [0.1, 0.15) is 0 Å². The van der Waals surface area contributed by atoms with Crippen LogP contribution in [-0.2, 0) is 9.53 Å². The lowest BCUT2D eigenvalue weighted by Gasteiger charge is -2.24. The molecule has 0 radical (unpaired) electrons. The number of carbonyl (C=O) groups is 1. The van der Waals surface area contributed by atoms with Crippen LogP contribution < -0.4 is 0 Å². The van der Waals surface area contributed by atoms with Gasteiger partial charge in [-0.05, 0) is 13.8 Å². The quantitative estimate of drug-likeness (QED) is 0.567. The highest BCUT2D eigenvalue weighted by Gasteiger charge is 2.24. The number of rotatable bonds is 3. The van der Waals surface area contributed by atoms with Gasteiger partial charge in [-0.3, -0.25) is 4.79 Å². The molecule has 1 atom stereocenters. The summed E-state index contributed by atoms with van der Waals surface area (Å²) in [4.78, 5) is 11.4. The van der Waals surface area contributed by atoms with Crippen molar-refractivity contribution < 1.29 is 14.6 Å². The normalized spacial score (nSPS) is 22.3. The number of aliphatic hydroxyl groups excluding tert-OH is 1. The van der Waals surface area contributed by atoms with Gasteiger partial charge >= 0.3 is 0 Å². The summed E-state index contributed by atoms with van der Waals surface area (Å²) in [5, 5.41) is 9.82. The Balaban J connectivity index is 3.16. The summed E-state index contributed by atoms with van der Waals surface area (Å²) >= 11 is 0. The molecule has 0 aliphatic carbocycles. The minimum Gasteiger partial charge on any atom is -0.498 e. The lowest BCUT2D eigenvalue weighted by molar-refractivity contribution is -0.113. The molecule has 0 amide bonds. The number of aliphatic hydroxyl groups is 1. The Bertz CT molecular complexity index is 337. The second kappa shape index (κ2) is 4.94. The number of ether oxygens (including phenoxy) is 1. The number of carbonyl (C=O) groups excluding carboxylic acids is 1. The van der Waals surface area contributed by atoms with Crippen LogP contribution >= 0.6 is 0 Å². The maximum Gasteiger partial charge on any atom is 0.160 e. The smallest absolute Gasteiger partial charge is 0.160 e. The first-order valence-electron chi connectivity index (χ1n) is 4.93. The molecule has 0 aromatic rings. The average molecular weight is 208 g/mol. The molecule has 15 heavy (non-hydrogen) atoms. The van der Waals surface area contributed by atoms with E-state index in [4.69, 9.17) is 4.74 Å². The number of ketones is 1. The third-order valence-electron chi connectivity index (χ3n) is 2.38. The topological polar surface area (TPSA) is 46.5 Å². The molecule has 1 unspecified atom stereocenters. The second-order valence-electron chi connectivity index (χ2n) is 3.50. The zero-order chi connectivity index (χ0) is 11.4. The Morgan fingerprint density at radius 3 is 2.80 bits per heavy atom. The monoisotopic (exact) mass is 208 g/mol. The minimum atomic E-state index is -0.617. The van der Waals surface area contributed by atoms with Crippen LogP contribution in [0.5, 0.6) is 0 Å². The number of hydrogen-bond donors (Lipinski definition) is 1. The van der Waals surface area contributed by atoms with E-state index in [1.807, 2.05) is 0 Å². The van der Waals surface area contributed by atoms with Crippen molar-refractivity contribution >= 4 is 5.78 Å². The van der Waals surface area contributed by atoms with Crippen molar-refractivity contribution in [2.24, 2.45) is 0 Å².